The zero-order valence-electron chi connectivity index (χ0n) is 12.9. The molecule has 2 aromatic carbocycles. The number of benzene rings is 2. The van der Waals surface area contributed by atoms with Gasteiger partial charge in [0.25, 0.3) is 0 Å². The molecule has 1 nitrogen and oxygen atoms in total. The van der Waals surface area contributed by atoms with Crippen LogP contribution in [0.15, 0.2) is 48.5 Å². The highest BCUT2D eigenvalue weighted by molar-refractivity contribution is 5.32. The maximum atomic E-state index is 3.67. The van der Waals surface area contributed by atoms with E-state index < -0.39 is 0 Å². The van der Waals surface area contributed by atoms with Gasteiger partial charge in [0.15, 0.2) is 0 Å². The average molecular weight is 279 g/mol. The van der Waals surface area contributed by atoms with Crippen molar-refractivity contribution in [2.24, 2.45) is 0 Å². The fourth-order valence-corrected chi connectivity index (χ4v) is 3.46. The van der Waals surface area contributed by atoms with Crippen LogP contribution in [0.2, 0.25) is 0 Å². The third-order valence-corrected chi connectivity index (χ3v) is 4.72. The number of aryl methyl sites for hydroxylation is 2. The summed E-state index contributed by atoms with van der Waals surface area (Å²) in [5.74, 6) is 0.701. The predicted octanol–water partition coefficient (Wildman–Crippen LogP) is 4.25. The second-order valence-corrected chi connectivity index (χ2v) is 6.17. The first-order valence-electron chi connectivity index (χ1n) is 8.17. The molecule has 1 heteroatoms. The zero-order valence-corrected chi connectivity index (χ0v) is 12.9. The first-order valence-corrected chi connectivity index (χ1v) is 8.17. The molecular formula is C20H25N. The van der Waals surface area contributed by atoms with Crippen molar-refractivity contribution >= 4 is 0 Å². The molecule has 0 spiro atoms. The summed E-state index contributed by atoms with van der Waals surface area (Å²) in [6.07, 6.45) is 5.05. The van der Waals surface area contributed by atoms with Crippen LogP contribution in [0.4, 0.5) is 0 Å². The minimum atomic E-state index is 0.701. The largest absolute Gasteiger partial charge is 0.316 e. The molecule has 0 bridgehead atoms. The standard InChI is InChI=1S/C20H25N/c1-16-7-2-3-8-17(16)13-14-21-15-19-11-6-10-18-9-4-5-12-20(18)19/h2-5,7-9,12,19,21H,6,10-11,13-15H2,1H3. The summed E-state index contributed by atoms with van der Waals surface area (Å²) in [5.41, 5.74) is 6.01. The molecule has 21 heavy (non-hydrogen) atoms. The first kappa shape index (κ1) is 14.3. The Morgan fingerprint density at radius 1 is 1.05 bits per heavy atom. The third-order valence-electron chi connectivity index (χ3n) is 4.72. The van der Waals surface area contributed by atoms with E-state index in [0.29, 0.717) is 5.92 Å². The summed E-state index contributed by atoms with van der Waals surface area (Å²) >= 11 is 0. The summed E-state index contributed by atoms with van der Waals surface area (Å²) in [6.45, 7) is 4.39. The lowest BCUT2D eigenvalue weighted by Gasteiger charge is -2.25. The van der Waals surface area contributed by atoms with Crippen LogP contribution in [0.25, 0.3) is 0 Å². The summed E-state index contributed by atoms with van der Waals surface area (Å²) in [5, 5.41) is 3.67. The van der Waals surface area contributed by atoms with E-state index in [2.05, 4.69) is 60.8 Å². The minimum absolute atomic E-state index is 0.701. The highest BCUT2D eigenvalue weighted by Crippen LogP contribution is 2.30. The molecule has 1 N–H and O–H groups in total. The van der Waals surface area contributed by atoms with Crippen LogP contribution >= 0.6 is 0 Å². The summed E-state index contributed by atoms with van der Waals surface area (Å²) in [6, 6.07) is 17.7. The van der Waals surface area contributed by atoms with Crippen LogP contribution in [-0.4, -0.2) is 13.1 Å². The van der Waals surface area contributed by atoms with E-state index >= 15 is 0 Å². The van der Waals surface area contributed by atoms with Gasteiger partial charge in [-0.3, -0.25) is 0 Å². The van der Waals surface area contributed by atoms with Crippen LogP contribution in [0.5, 0.6) is 0 Å². The number of nitrogens with one attached hydrogen (secondary N) is 1. The van der Waals surface area contributed by atoms with Gasteiger partial charge in [-0.1, -0.05) is 48.5 Å². The molecule has 3 rings (SSSR count). The fourth-order valence-electron chi connectivity index (χ4n) is 3.46. The molecule has 2 aromatic rings. The van der Waals surface area contributed by atoms with Crippen LogP contribution in [-0.2, 0) is 12.8 Å². The van der Waals surface area contributed by atoms with Gasteiger partial charge in [0.2, 0.25) is 0 Å². The number of rotatable bonds is 5. The first-order chi connectivity index (χ1) is 10.3. The molecule has 1 atom stereocenters. The number of hydrogen-bond acceptors (Lipinski definition) is 1. The van der Waals surface area contributed by atoms with Crippen molar-refractivity contribution in [3.63, 3.8) is 0 Å². The maximum absolute atomic E-state index is 3.67. The van der Waals surface area contributed by atoms with Crippen molar-refractivity contribution in [1.29, 1.82) is 0 Å². The lowest BCUT2D eigenvalue weighted by Crippen LogP contribution is -2.26. The zero-order chi connectivity index (χ0) is 14.5. The number of hydrogen-bond donors (Lipinski definition) is 1. The van der Waals surface area contributed by atoms with Crippen LogP contribution < -0.4 is 5.32 Å². The van der Waals surface area contributed by atoms with Crippen LogP contribution in [0.3, 0.4) is 0 Å². The fraction of sp³-hybridized carbons (Fsp3) is 0.400. The normalized spacial score (nSPS) is 17.5. The van der Waals surface area contributed by atoms with Crippen molar-refractivity contribution in [3.05, 3.63) is 70.8 Å². The second-order valence-electron chi connectivity index (χ2n) is 6.17. The van der Waals surface area contributed by atoms with Gasteiger partial charge in [-0.2, -0.15) is 0 Å². The Morgan fingerprint density at radius 2 is 1.86 bits per heavy atom. The van der Waals surface area contributed by atoms with Gasteiger partial charge >= 0.3 is 0 Å². The van der Waals surface area contributed by atoms with E-state index in [-0.39, 0.29) is 0 Å². The van der Waals surface area contributed by atoms with Gasteiger partial charge in [-0.15, -0.1) is 0 Å². The Hall–Kier alpha value is -1.60. The van der Waals surface area contributed by atoms with Gasteiger partial charge in [-0.05, 0) is 67.3 Å². The minimum Gasteiger partial charge on any atom is -0.316 e. The topological polar surface area (TPSA) is 12.0 Å². The monoisotopic (exact) mass is 279 g/mol. The molecule has 1 aliphatic carbocycles. The van der Waals surface area contributed by atoms with Crippen molar-refractivity contribution in [1.82, 2.24) is 5.32 Å². The van der Waals surface area contributed by atoms with Crippen molar-refractivity contribution in [2.75, 3.05) is 13.1 Å². The molecule has 1 unspecified atom stereocenters. The molecule has 0 saturated carbocycles. The van der Waals surface area contributed by atoms with E-state index in [4.69, 9.17) is 0 Å². The molecule has 0 saturated heterocycles. The van der Waals surface area contributed by atoms with Gasteiger partial charge < -0.3 is 5.32 Å². The Labute approximate surface area is 128 Å². The van der Waals surface area contributed by atoms with Gasteiger partial charge in [0.05, 0.1) is 0 Å². The van der Waals surface area contributed by atoms with Crippen LogP contribution in [0, 0.1) is 6.92 Å². The lowest BCUT2D eigenvalue weighted by atomic mass is 9.83. The number of fused-ring (bicyclic) bond motifs is 1. The highest BCUT2D eigenvalue weighted by Gasteiger charge is 2.18. The van der Waals surface area contributed by atoms with Crippen molar-refractivity contribution in [2.45, 2.75) is 38.5 Å². The molecule has 0 aromatic heterocycles. The Morgan fingerprint density at radius 3 is 2.76 bits per heavy atom. The molecule has 110 valence electrons. The second kappa shape index (κ2) is 6.91. The van der Waals surface area contributed by atoms with Crippen LogP contribution in [0.1, 0.15) is 41.0 Å². The Balaban J connectivity index is 1.52. The molecular weight excluding hydrogens is 254 g/mol. The Bertz CT molecular complexity index is 588. The van der Waals surface area contributed by atoms with Crippen molar-refractivity contribution in [3.8, 4) is 0 Å². The summed E-state index contributed by atoms with van der Waals surface area (Å²) in [7, 11) is 0. The quantitative estimate of drug-likeness (QED) is 0.807. The van der Waals surface area contributed by atoms with E-state index in [0.717, 1.165) is 19.5 Å². The molecule has 0 radical (unpaired) electrons. The predicted molar refractivity (Wildman–Crippen MR) is 89.9 cm³/mol. The molecule has 0 amide bonds. The van der Waals surface area contributed by atoms with Crippen molar-refractivity contribution < 1.29 is 0 Å². The van der Waals surface area contributed by atoms with E-state index in [9.17, 15) is 0 Å². The van der Waals surface area contributed by atoms with Gasteiger partial charge in [0.1, 0.15) is 0 Å². The molecule has 0 heterocycles. The average Bonchev–Trinajstić information content (AvgIpc) is 2.53. The smallest absolute Gasteiger partial charge is 0.00203 e. The Kier molecular flexibility index (Phi) is 4.72. The van der Waals surface area contributed by atoms with E-state index in [1.807, 2.05) is 0 Å². The van der Waals surface area contributed by atoms with E-state index in [1.165, 1.54) is 30.4 Å². The van der Waals surface area contributed by atoms with Gasteiger partial charge in [0, 0.05) is 6.54 Å². The lowest BCUT2D eigenvalue weighted by molar-refractivity contribution is 0.509. The molecule has 0 aliphatic heterocycles. The highest BCUT2D eigenvalue weighted by atomic mass is 14.9. The van der Waals surface area contributed by atoms with E-state index in [1.54, 1.807) is 11.1 Å². The SMILES string of the molecule is Cc1ccccc1CCNCC1CCCc2ccccc21. The summed E-state index contributed by atoms with van der Waals surface area (Å²) < 4.78 is 0. The molecule has 1 aliphatic rings. The molecule has 0 fully saturated rings. The summed E-state index contributed by atoms with van der Waals surface area (Å²) in [4.78, 5) is 0. The van der Waals surface area contributed by atoms with Gasteiger partial charge in [-0.25, -0.2) is 0 Å². The maximum Gasteiger partial charge on any atom is 0.00203 e. The third kappa shape index (κ3) is 3.54.